The minimum absolute atomic E-state index is 0.0297. The van der Waals surface area contributed by atoms with E-state index < -0.39 is 16.7 Å². The molecule has 2 unspecified atom stereocenters. The number of nitriles is 2. The molecular weight excluding hydrogens is 528 g/mol. The van der Waals surface area contributed by atoms with Crippen molar-refractivity contribution in [3.8, 4) is 12.1 Å². The molecule has 0 aliphatic carbocycles. The second-order valence-electron chi connectivity index (χ2n) is 10.1. The molecule has 3 amide bonds. The van der Waals surface area contributed by atoms with Crippen LogP contribution in [0.15, 0.2) is 34.9 Å². The number of rotatable bonds is 11. The van der Waals surface area contributed by atoms with Crippen molar-refractivity contribution in [2.45, 2.75) is 44.4 Å². The number of nitrogens with one attached hydrogen (secondary N) is 3. The third-order valence-corrected chi connectivity index (χ3v) is 8.46. The van der Waals surface area contributed by atoms with Crippen LogP contribution < -0.4 is 16.0 Å². The average Bonchev–Trinajstić information content (AvgIpc) is 3.27. The van der Waals surface area contributed by atoms with Gasteiger partial charge >= 0.3 is 0 Å². The molecule has 0 saturated carbocycles. The molecule has 3 rings (SSSR count). The Hall–Kier alpha value is -3.58. The summed E-state index contributed by atoms with van der Waals surface area (Å²) in [5.74, 6) is -0.895. The van der Waals surface area contributed by atoms with Crippen molar-refractivity contribution >= 4 is 40.9 Å². The number of benzene rings is 1. The first-order valence-electron chi connectivity index (χ1n) is 13.5. The summed E-state index contributed by atoms with van der Waals surface area (Å²) in [5.41, 5.74) is 0.186. The van der Waals surface area contributed by atoms with Gasteiger partial charge in [-0.05, 0) is 51.6 Å². The lowest BCUT2D eigenvalue weighted by atomic mass is 10.0. The van der Waals surface area contributed by atoms with Gasteiger partial charge in [-0.1, -0.05) is 18.7 Å². The van der Waals surface area contributed by atoms with Gasteiger partial charge in [0.05, 0.1) is 6.07 Å². The molecule has 0 bridgehead atoms. The number of anilines is 2. The lowest BCUT2D eigenvalue weighted by molar-refractivity contribution is -0.127. The Morgan fingerprint density at radius 2 is 1.75 bits per heavy atom. The molecule has 12 heteroatoms. The van der Waals surface area contributed by atoms with Crippen molar-refractivity contribution in [1.29, 1.82) is 10.5 Å². The predicted molar refractivity (Wildman–Crippen MR) is 156 cm³/mol. The van der Waals surface area contributed by atoms with Crippen LogP contribution in [-0.2, 0) is 14.4 Å². The molecule has 2 atom stereocenters. The molecule has 2 saturated heterocycles. The quantitative estimate of drug-likeness (QED) is 0.271. The van der Waals surface area contributed by atoms with E-state index in [0.29, 0.717) is 30.1 Å². The van der Waals surface area contributed by atoms with Crippen molar-refractivity contribution < 1.29 is 14.4 Å². The molecule has 3 N–H and O–H groups in total. The molecule has 0 radical (unpaired) electrons. The minimum Gasteiger partial charge on any atom is -0.383 e. The molecule has 11 nitrogen and oxygen atoms in total. The van der Waals surface area contributed by atoms with E-state index in [4.69, 9.17) is 0 Å². The highest BCUT2D eigenvalue weighted by molar-refractivity contribution is 8.04. The fourth-order valence-electron chi connectivity index (χ4n) is 4.29. The van der Waals surface area contributed by atoms with Gasteiger partial charge < -0.3 is 30.7 Å². The Bertz CT molecular complexity index is 1200. The van der Waals surface area contributed by atoms with Gasteiger partial charge in [-0.3, -0.25) is 14.4 Å². The highest BCUT2D eigenvalue weighted by atomic mass is 32.2. The number of likely N-dealkylation sites (N-methyl/N-ethyl adjacent to an activating group) is 1. The van der Waals surface area contributed by atoms with Crippen molar-refractivity contribution in [2.75, 3.05) is 63.5 Å². The maximum atomic E-state index is 13.1. The van der Waals surface area contributed by atoms with Crippen LogP contribution in [0.4, 0.5) is 11.4 Å². The topological polar surface area (TPSA) is 145 Å². The zero-order valence-electron chi connectivity index (χ0n) is 23.6. The predicted octanol–water partition coefficient (Wildman–Crippen LogP) is 2.18. The van der Waals surface area contributed by atoms with Gasteiger partial charge in [-0.15, -0.1) is 0 Å². The van der Waals surface area contributed by atoms with Crippen LogP contribution in [-0.4, -0.2) is 96.1 Å². The van der Waals surface area contributed by atoms with Gasteiger partial charge in [0.2, 0.25) is 11.8 Å². The Balaban J connectivity index is 1.56. The lowest BCUT2D eigenvalue weighted by Gasteiger charge is -2.32. The van der Waals surface area contributed by atoms with Crippen LogP contribution in [0.1, 0.15) is 33.6 Å². The first-order chi connectivity index (χ1) is 19.1. The largest absolute Gasteiger partial charge is 0.383 e. The van der Waals surface area contributed by atoms with Crippen LogP contribution >= 0.6 is 11.8 Å². The van der Waals surface area contributed by atoms with Crippen LogP contribution in [0.3, 0.4) is 0 Å². The van der Waals surface area contributed by atoms with E-state index in [9.17, 15) is 24.9 Å². The van der Waals surface area contributed by atoms with E-state index in [1.165, 1.54) is 16.7 Å². The van der Waals surface area contributed by atoms with Gasteiger partial charge in [0.25, 0.3) is 5.91 Å². The van der Waals surface area contributed by atoms with Crippen molar-refractivity contribution in [1.82, 2.24) is 20.0 Å². The summed E-state index contributed by atoms with van der Waals surface area (Å²) >= 11 is 1.17. The minimum atomic E-state index is -1.11. The maximum absolute atomic E-state index is 13.1. The van der Waals surface area contributed by atoms with Crippen LogP contribution in [0.2, 0.25) is 0 Å². The van der Waals surface area contributed by atoms with Crippen LogP contribution in [0.5, 0.6) is 0 Å². The standard InChI is InChI=1S/C28H38N8O3S/c1-5-28(3,19-30)33-25(38)22(17-29)27-36(6-2)26(39)23(40-27)18-31-20-7-9-21(10-8-20)32-24(37)11-12-35-15-13-34(4)14-16-35/h7-10,23,31H,5-6,11-16,18H2,1-4H3,(H,32,37)(H,33,38)/b27-22-. The zero-order valence-corrected chi connectivity index (χ0v) is 24.4. The van der Waals surface area contributed by atoms with Crippen molar-refractivity contribution in [2.24, 2.45) is 0 Å². The summed E-state index contributed by atoms with van der Waals surface area (Å²) < 4.78 is 0. The van der Waals surface area contributed by atoms with Gasteiger partial charge in [0.1, 0.15) is 27.5 Å². The molecule has 2 aliphatic heterocycles. The Kier molecular flexibility index (Phi) is 11.0. The number of nitrogens with zero attached hydrogens (tertiary/aromatic N) is 5. The average molecular weight is 567 g/mol. The molecule has 0 aromatic heterocycles. The number of amides is 3. The monoisotopic (exact) mass is 566 g/mol. The molecule has 0 spiro atoms. The highest BCUT2D eigenvalue weighted by Gasteiger charge is 2.39. The van der Waals surface area contributed by atoms with Gasteiger partial charge in [0, 0.05) is 63.6 Å². The first-order valence-corrected chi connectivity index (χ1v) is 14.4. The molecule has 2 aliphatic rings. The lowest BCUT2D eigenvalue weighted by Crippen LogP contribution is -2.45. The molecule has 1 aromatic carbocycles. The number of carbonyl (C=O) groups is 3. The summed E-state index contributed by atoms with van der Waals surface area (Å²) in [7, 11) is 2.10. The van der Waals surface area contributed by atoms with E-state index in [1.54, 1.807) is 32.9 Å². The normalized spacial score (nSPS) is 20.7. The number of piperazine rings is 1. The zero-order chi connectivity index (χ0) is 29.3. The number of thioether (sulfide) groups is 1. The number of hydrogen-bond donors (Lipinski definition) is 3. The van der Waals surface area contributed by atoms with Crippen LogP contribution in [0.25, 0.3) is 0 Å². The molecular formula is C28H38N8O3S. The maximum Gasteiger partial charge on any atom is 0.265 e. The Morgan fingerprint density at radius 3 is 2.33 bits per heavy atom. The fraction of sp³-hybridized carbons (Fsp3) is 0.536. The van der Waals surface area contributed by atoms with Gasteiger partial charge in [-0.25, -0.2) is 0 Å². The number of hydrogen-bond acceptors (Lipinski definition) is 9. The second kappa shape index (κ2) is 14.2. The summed E-state index contributed by atoms with van der Waals surface area (Å²) in [6.07, 6.45) is 0.809. The van der Waals surface area contributed by atoms with E-state index in [0.717, 1.165) is 38.4 Å². The molecule has 2 heterocycles. The van der Waals surface area contributed by atoms with Crippen molar-refractivity contribution in [3.05, 3.63) is 34.9 Å². The van der Waals surface area contributed by atoms with E-state index in [-0.39, 0.29) is 23.9 Å². The summed E-state index contributed by atoms with van der Waals surface area (Å²) in [6.45, 7) is 10.5. The molecule has 2 fully saturated rings. The second-order valence-corrected chi connectivity index (χ2v) is 11.3. The van der Waals surface area contributed by atoms with Gasteiger partial charge in [0.15, 0.2) is 0 Å². The summed E-state index contributed by atoms with van der Waals surface area (Å²) in [5, 5.41) is 27.7. The molecule has 40 heavy (non-hydrogen) atoms. The summed E-state index contributed by atoms with van der Waals surface area (Å²) in [6, 6.07) is 11.3. The number of carbonyl (C=O) groups excluding carboxylic acids is 3. The highest BCUT2D eigenvalue weighted by Crippen LogP contribution is 2.37. The Morgan fingerprint density at radius 1 is 1.10 bits per heavy atom. The van der Waals surface area contributed by atoms with Crippen LogP contribution in [0, 0.1) is 22.7 Å². The third-order valence-electron chi connectivity index (χ3n) is 7.16. The van der Waals surface area contributed by atoms with Crippen molar-refractivity contribution in [3.63, 3.8) is 0 Å². The Labute approximate surface area is 240 Å². The van der Waals surface area contributed by atoms with Gasteiger partial charge in [-0.2, -0.15) is 10.5 Å². The fourth-order valence-corrected chi connectivity index (χ4v) is 5.55. The first kappa shape index (κ1) is 31.0. The third kappa shape index (κ3) is 7.98. The van der Waals surface area contributed by atoms with E-state index in [2.05, 4.69) is 38.9 Å². The molecule has 1 aromatic rings. The summed E-state index contributed by atoms with van der Waals surface area (Å²) in [4.78, 5) is 44.3. The van der Waals surface area contributed by atoms with E-state index >= 15 is 0 Å². The van der Waals surface area contributed by atoms with E-state index in [1.807, 2.05) is 18.2 Å². The molecule has 214 valence electrons. The SMILES string of the molecule is CCN1C(=O)C(CNc2ccc(NC(=O)CCN3CCN(C)CC3)cc2)S/C1=C(/C#N)C(=O)NC(C)(C#N)CC. The smallest absolute Gasteiger partial charge is 0.265 e.